The van der Waals surface area contributed by atoms with Gasteiger partial charge in [-0.1, -0.05) is 24.6 Å². The number of benzene rings is 1. The molecule has 0 aliphatic carbocycles. The smallest absolute Gasteiger partial charge is 0.193 e. The number of para-hydroxylation sites is 1. The molecule has 2 saturated heterocycles. The van der Waals surface area contributed by atoms with Crippen molar-refractivity contribution in [1.82, 2.24) is 15.1 Å². The standard InChI is InChI=1S/C23H38N4O/c1-20-10-6-8-16-26(20)17-9-7-15-25-23(24-2)27-18-13-22(14-19-27)28-21-11-4-3-5-12-21/h3-5,11-12,20,22H,6-10,13-19H2,1-2H3,(H,24,25). The molecule has 1 atom stereocenters. The molecule has 0 bridgehead atoms. The molecule has 2 heterocycles. The van der Waals surface area contributed by atoms with Gasteiger partial charge >= 0.3 is 0 Å². The molecular weight excluding hydrogens is 348 g/mol. The third-order valence-corrected chi connectivity index (χ3v) is 6.10. The minimum Gasteiger partial charge on any atom is -0.490 e. The second kappa shape index (κ2) is 11.3. The number of ether oxygens (including phenoxy) is 1. The molecule has 2 fully saturated rings. The third kappa shape index (κ3) is 6.40. The van der Waals surface area contributed by atoms with E-state index < -0.39 is 0 Å². The number of hydrogen-bond acceptors (Lipinski definition) is 3. The normalized spacial score (nSPS) is 22.3. The van der Waals surface area contributed by atoms with Gasteiger partial charge in [-0.25, -0.2) is 0 Å². The second-order valence-electron chi connectivity index (χ2n) is 8.18. The molecule has 1 aromatic carbocycles. The molecule has 0 aromatic heterocycles. The molecule has 1 aromatic rings. The van der Waals surface area contributed by atoms with Gasteiger partial charge in [0.1, 0.15) is 11.9 Å². The molecule has 3 rings (SSSR count). The van der Waals surface area contributed by atoms with E-state index in [0.29, 0.717) is 6.10 Å². The Balaban J connectivity index is 1.31. The summed E-state index contributed by atoms with van der Waals surface area (Å²) in [5, 5.41) is 3.57. The fourth-order valence-electron chi connectivity index (χ4n) is 4.34. The average Bonchev–Trinajstić information content (AvgIpc) is 2.73. The number of rotatable bonds is 7. The highest BCUT2D eigenvalue weighted by Crippen LogP contribution is 2.19. The van der Waals surface area contributed by atoms with Crippen molar-refractivity contribution in [2.75, 3.05) is 39.8 Å². The minimum atomic E-state index is 0.309. The van der Waals surface area contributed by atoms with Crippen LogP contribution < -0.4 is 10.1 Å². The Morgan fingerprint density at radius 1 is 1.07 bits per heavy atom. The Morgan fingerprint density at radius 3 is 2.57 bits per heavy atom. The van der Waals surface area contributed by atoms with Crippen LogP contribution in [0.15, 0.2) is 35.3 Å². The Kier molecular flexibility index (Phi) is 8.46. The first-order chi connectivity index (χ1) is 13.8. The number of likely N-dealkylation sites (tertiary alicyclic amines) is 2. The lowest BCUT2D eigenvalue weighted by Crippen LogP contribution is -2.47. The zero-order valence-electron chi connectivity index (χ0n) is 17.8. The maximum absolute atomic E-state index is 6.10. The zero-order chi connectivity index (χ0) is 19.6. The predicted octanol–water partition coefficient (Wildman–Crippen LogP) is 3.76. The van der Waals surface area contributed by atoms with Gasteiger partial charge < -0.3 is 19.9 Å². The maximum atomic E-state index is 6.10. The molecule has 0 saturated carbocycles. The monoisotopic (exact) mass is 386 g/mol. The van der Waals surface area contributed by atoms with E-state index in [1.54, 1.807) is 0 Å². The average molecular weight is 387 g/mol. The van der Waals surface area contributed by atoms with Crippen LogP contribution in [0, 0.1) is 0 Å². The molecule has 0 radical (unpaired) electrons. The quantitative estimate of drug-likeness (QED) is 0.440. The number of nitrogens with zero attached hydrogens (tertiary/aromatic N) is 3. The lowest BCUT2D eigenvalue weighted by molar-refractivity contribution is 0.129. The predicted molar refractivity (Wildman–Crippen MR) is 117 cm³/mol. The summed E-state index contributed by atoms with van der Waals surface area (Å²) >= 11 is 0. The van der Waals surface area contributed by atoms with Crippen LogP contribution in [0.1, 0.15) is 51.9 Å². The van der Waals surface area contributed by atoms with Crippen molar-refractivity contribution in [3.05, 3.63) is 30.3 Å². The van der Waals surface area contributed by atoms with Crippen molar-refractivity contribution in [2.45, 2.75) is 64.0 Å². The topological polar surface area (TPSA) is 40.1 Å². The van der Waals surface area contributed by atoms with Crippen LogP contribution in [0.3, 0.4) is 0 Å². The van der Waals surface area contributed by atoms with Crippen molar-refractivity contribution in [1.29, 1.82) is 0 Å². The van der Waals surface area contributed by atoms with E-state index >= 15 is 0 Å². The van der Waals surface area contributed by atoms with E-state index in [1.165, 1.54) is 45.2 Å². The fraction of sp³-hybridized carbons (Fsp3) is 0.696. The van der Waals surface area contributed by atoms with E-state index in [4.69, 9.17) is 4.74 Å². The highest BCUT2D eigenvalue weighted by molar-refractivity contribution is 5.79. The summed E-state index contributed by atoms with van der Waals surface area (Å²) in [5.41, 5.74) is 0. The van der Waals surface area contributed by atoms with Gasteiger partial charge in [0.05, 0.1) is 0 Å². The first-order valence-corrected chi connectivity index (χ1v) is 11.2. The summed E-state index contributed by atoms with van der Waals surface area (Å²) in [5.74, 6) is 2.02. The van der Waals surface area contributed by atoms with E-state index in [1.807, 2.05) is 37.4 Å². The molecule has 1 N–H and O–H groups in total. The molecule has 2 aliphatic heterocycles. The molecule has 2 aliphatic rings. The summed E-state index contributed by atoms with van der Waals surface area (Å²) < 4.78 is 6.10. The summed E-state index contributed by atoms with van der Waals surface area (Å²) in [4.78, 5) is 9.54. The first-order valence-electron chi connectivity index (χ1n) is 11.2. The van der Waals surface area contributed by atoms with Crippen LogP contribution in [0.2, 0.25) is 0 Å². The molecule has 28 heavy (non-hydrogen) atoms. The van der Waals surface area contributed by atoms with Crippen molar-refractivity contribution in [3.63, 3.8) is 0 Å². The number of aliphatic imine (C=N–C) groups is 1. The van der Waals surface area contributed by atoms with Crippen LogP contribution in [0.4, 0.5) is 0 Å². The van der Waals surface area contributed by atoms with Gasteiger partial charge in [-0.05, 0) is 57.8 Å². The Hall–Kier alpha value is -1.75. The Morgan fingerprint density at radius 2 is 1.86 bits per heavy atom. The van der Waals surface area contributed by atoms with Gasteiger partial charge in [0.25, 0.3) is 0 Å². The summed E-state index contributed by atoms with van der Waals surface area (Å²) in [7, 11) is 1.89. The lowest BCUT2D eigenvalue weighted by atomic mass is 10.0. The van der Waals surface area contributed by atoms with Crippen LogP contribution in [0.25, 0.3) is 0 Å². The van der Waals surface area contributed by atoms with Gasteiger partial charge in [-0.3, -0.25) is 4.99 Å². The summed E-state index contributed by atoms with van der Waals surface area (Å²) in [6.07, 6.45) is 9.02. The Labute approximate surface area is 171 Å². The molecule has 1 unspecified atom stereocenters. The van der Waals surface area contributed by atoms with Gasteiger partial charge in [0, 0.05) is 45.6 Å². The maximum Gasteiger partial charge on any atom is 0.193 e. The van der Waals surface area contributed by atoms with Crippen LogP contribution in [0.5, 0.6) is 5.75 Å². The number of nitrogens with one attached hydrogen (secondary N) is 1. The second-order valence-corrected chi connectivity index (χ2v) is 8.18. The van der Waals surface area contributed by atoms with Crippen LogP contribution in [-0.4, -0.2) is 67.7 Å². The summed E-state index contributed by atoms with van der Waals surface area (Å²) in [6, 6.07) is 10.9. The van der Waals surface area contributed by atoms with Crippen LogP contribution in [-0.2, 0) is 0 Å². The SMILES string of the molecule is CN=C(NCCCCN1CCCCC1C)N1CCC(Oc2ccccc2)CC1. The van der Waals surface area contributed by atoms with E-state index in [2.05, 4.69) is 27.0 Å². The van der Waals surface area contributed by atoms with Gasteiger partial charge in [0.15, 0.2) is 5.96 Å². The lowest BCUT2D eigenvalue weighted by Gasteiger charge is -2.34. The highest BCUT2D eigenvalue weighted by atomic mass is 16.5. The number of guanidine groups is 1. The molecule has 5 heteroatoms. The minimum absolute atomic E-state index is 0.309. The first kappa shape index (κ1) is 21.0. The van der Waals surface area contributed by atoms with Gasteiger partial charge in [-0.15, -0.1) is 0 Å². The van der Waals surface area contributed by atoms with Gasteiger partial charge in [0.2, 0.25) is 0 Å². The van der Waals surface area contributed by atoms with E-state index in [-0.39, 0.29) is 0 Å². The molecule has 0 amide bonds. The summed E-state index contributed by atoms with van der Waals surface area (Å²) in [6.45, 7) is 7.92. The molecule has 0 spiro atoms. The number of unbranched alkanes of at least 4 members (excludes halogenated alkanes) is 1. The van der Waals surface area contributed by atoms with Crippen LogP contribution >= 0.6 is 0 Å². The number of piperidine rings is 2. The molecule has 5 nitrogen and oxygen atoms in total. The van der Waals surface area contributed by atoms with Crippen molar-refractivity contribution < 1.29 is 4.74 Å². The molecular formula is C23H38N4O. The largest absolute Gasteiger partial charge is 0.490 e. The molecule has 156 valence electrons. The van der Waals surface area contributed by atoms with Crippen molar-refractivity contribution >= 4 is 5.96 Å². The highest BCUT2D eigenvalue weighted by Gasteiger charge is 2.22. The van der Waals surface area contributed by atoms with Crippen molar-refractivity contribution in [2.24, 2.45) is 4.99 Å². The zero-order valence-corrected chi connectivity index (χ0v) is 17.8. The third-order valence-electron chi connectivity index (χ3n) is 6.10. The fourth-order valence-corrected chi connectivity index (χ4v) is 4.34. The van der Waals surface area contributed by atoms with E-state index in [0.717, 1.165) is 50.2 Å². The van der Waals surface area contributed by atoms with Crippen molar-refractivity contribution in [3.8, 4) is 5.75 Å². The van der Waals surface area contributed by atoms with E-state index in [9.17, 15) is 0 Å². The van der Waals surface area contributed by atoms with Gasteiger partial charge in [-0.2, -0.15) is 0 Å². The number of hydrogen-bond donors (Lipinski definition) is 1. The Bertz CT molecular complexity index is 584.